The first-order valence-electron chi connectivity index (χ1n) is 13.4. The van der Waals surface area contributed by atoms with Gasteiger partial charge in [-0.25, -0.2) is 4.79 Å². The average Bonchev–Trinajstić information content (AvgIpc) is 3.51. The van der Waals surface area contributed by atoms with Gasteiger partial charge in [0.1, 0.15) is 11.3 Å². The summed E-state index contributed by atoms with van der Waals surface area (Å²) in [5.74, 6) is -1.97. The standard InChI is InChI=1S/C33H28N2O4S2/c34-30-25(20-24-17-10-18-40-24)28(33(38)39-29(22-13-6-2-7-14-22)23-15-8-3-9-16-23)35-31(37)27(32(35)41-30)26(36)19-21-11-4-1-5-12-21/h1-18,27-29,32H,19-20,34H2/t27-,28?,32-/m1/s1. The van der Waals surface area contributed by atoms with E-state index in [1.54, 1.807) is 11.3 Å². The van der Waals surface area contributed by atoms with Crippen molar-refractivity contribution in [1.29, 1.82) is 0 Å². The van der Waals surface area contributed by atoms with Crippen molar-refractivity contribution in [1.82, 2.24) is 4.90 Å². The van der Waals surface area contributed by atoms with Crippen LogP contribution in [0.3, 0.4) is 0 Å². The number of hydrogen-bond donors (Lipinski definition) is 1. The maximum Gasteiger partial charge on any atom is 0.334 e. The van der Waals surface area contributed by atoms with E-state index in [1.807, 2.05) is 109 Å². The summed E-state index contributed by atoms with van der Waals surface area (Å²) in [6.07, 6.45) is -0.113. The van der Waals surface area contributed by atoms with Gasteiger partial charge in [0.15, 0.2) is 17.9 Å². The Morgan fingerprint density at radius 3 is 2.05 bits per heavy atom. The van der Waals surface area contributed by atoms with E-state index in [4.69, 9.17) is 10.5 Å². The Morgan fingerprint density at radius 1 is 0.854 bits per heavy atom. The molecule has 2 aliphatic heterocycles. The smallest absolute Gasteiger partial charge is 0.334 e. The van der Waals surface area contributed by atoms with Gasteiger partial charge >= 0.3 is 5.97 Å². The van der Waals surface area contributed by atoms with E-state index in [2.05, 4.69) is 0 Å². The van der Waals surface area contributed by atoms with Crippen LogP contribution in [-0.4, -0.2) is 34.0 Å². The molecule has 3 atom stereocenters. The summed E-state index contributed by atoms with van der Waals surface area (Å²) in [5.41, 5.74) is 9.72. The molecule has 41 heavy (non-hydrogen) atoms. The molecule has 1 unspecified atom stereocenters. The summed E-state index contributed by atoms with van der Waals surface area (Å²) in [5, 5.41) is 1.87. The van der Waals surface area contributed by atoms with Gasteiger partial charge in [-0.1, -0.05) is 109 Å². The number of rotatable bonds is 9. The number of thioether (sulfide) groups is 1. The zero-order valence-corrected chi connectivity index (χ0v) is 23.7. The van der Waals surface area contributed by atoms with E-state index in [-0.39, 0.29) is 18.1 Å². The van der Waals surface area contributed by atoms with Crippen LogP contribution in [0, 0.1) is 5.92 Å². The molecule has 2 N–H and O–H groups in total. The molecule has 1 saturated heterocycles. The zero-order valence-electron chi connectivity index (χ0n) is 22.1. The number of benzene rings is 3. The van der Waals surface area contributed by atoms with Crippen molar-refractivity contribution in [2.45, 2.75) is 30.4 Å². The number of Topliss-reactive ketones (excluding diaryl/α,β-unsaturated/α-hetero) is 1. The zero-order chi connectivity index (χ0) is 28.3. The number of esters is 1. The van der Waals surface area contributed by atoms with Gasteiger partial charge in [-0.3, -0.25) is 9.59 Å². The van der Waals surface area contributed by atoms with Gasteiger partial charge in [-0.2, -0.15) is 0 Å². The lowest BCUT2D eigenvalue weighted by Crippen LogP contribution is -2.69. The summed E-state index contributed by atoms with van der Waals surface area (Å²) in [6, 6.07) is 31.3. The second-order valence-corrected chi connectivity index (χ2v) is 12.2. The molecule has 1 aromatic heterocycles. The molecular formula is C33H28N2O4S2. The molecule has 206 valence electrons. The highest BCUT2D eigenvalue weighted by molar-refractivity contribution is 8.03. The Morgan fingerprint density at radius 2 is 1.46 bits per heavy atom. The summed E-state index contributed by atoms with van der Waals surface area (Å²) < 4.78 is 6.24. The van der Waals surface area contributed by atoms with Gasteiger partial charge in [0.2, 0.25) is 5.91 Å². The number of nitrogens with zero attached hydrogens (tertiary/aromatic N) is 1. The van der Waals surface area contributed by atoms with Crippen LogP contribution in [0.15, 0.2) is 119 Å². The van der Waals surface area contributed by atoms with Crippen molar-refractivity contribution in [3.8, 4) is 0 Å². The Bertz CT molecular complexity index is 1530. The van der Waals surface area contributed by atoms with E-state index in [0.717, 1.165) is 21.6 Å². The molecule has 3 heterocycles. The molecule has 0 spiro atoms. The van der Waals surface area contributed by atoms with Crippen molar-refractivity contribution in [2.75, 3.05) is 0 Å². The minimum atomic E-state index is -1.02. The third kappa shape index (κ3) is 5.45. The summed E-state index contributed by atoms with van der Waals surface area (Å²) in [6.45, 7) is 0. The van der Waals surface area contributed by atoms with Crippen LogP contribution in [0.1, 0.15) is 27.7 Å². The van der Waals surface area contributed by atoms with Gasteiger partial charge in [-0.05, 0) is 33.7 Å². The molecule has 0 aliphatic carbocycles. The van der Waals surface area contributed by atoms with Gasteiger partial charge in [0, 0.05) is 17.7 Å². The predicted octanol–water partition coefficient (Wildman–Crippen LogP) is 5.51. The summed E-state index contributed by atoms with van der Waals surface area (Å²) in [7, 11) is 0. The van der Waals surface area contributed by atoms with E-state index < -0.39 is 29.4 Å². The van der Waals surface area contributed by atoms with Crippen molar-refractivity contribution in [2.24, 2.45) is 11.7 Å². The first kappa shape index (κ1) is 27.1. The largest absolute Gasteiger partial charge is 0.451 e. The lowest BCUT2D eigenvalue weighted by molar-refractivity contribution is -0.169. The third-order valence-corrected chi connectivity index (χ3v) is 9.56. The van der Waals surface area contributed by atoms with Crippen molar-refractivity contribution < 1.29 is 19.1 Å². The van der Waals surface area contributed by atoms with E-state index in [1.165, 1.54) is 16.7 Å². The maximum absolute atomic E-state index is 14.1. The molecule has 1 amide bonds. The molecule has 6 nitrogen and oxygen atoms in total. The number of β-lactam (4-membered cyclic amide) rings is 1. The topological polar surface area (TPSA) is 89.7 Å². The Balaban J connectivity index is 1.33. The highest BCUT2D eigenvalue weighted by atomic mass is 32.2. The quantitative estimate of drug-likeness (QED) is 0.160. The molecule has 3 aromatic carbocycles. The first-order chi connectivity index (χ1) is 20.0. The molecule has 4 aromatic rings. The van der Waals surface area contributed by atoms with Crippen LogP contribution < -0.4 is 5.73 Å². The fourth-order valence-corrected chi connectivity index (χ4v) is 7.47. The Kier molecular flexibility index (Phi) is 7.76. The minimum absolute atomic E-state index is 0.146. The van der Waals surface area contributed by atoms with Crippen LogP contribution in [0.2, 0.25) is 0 Å². The monoisotopic (exact) mass is 580 g/mol. The summed E-state index contributed by atoms with van der Waals surface area (Å²) in [4.78, 5) is 43.6. The SMILES string of the molecule is NC1=C(Cc2cccs2)C(C(=O)OC(c2ccccc2)c2ccccc2)N2C(=O)[C@@H](C(=O)Cc3ccccc3)[C@H]2S1. The van der Waals surface area contributed by atoms with Crippen molar-refractivity contribution in [3.05, 3.63) is 141 Å². The van der Waals surface area contributed by atoms with Crippen molar-refractivity contribution in [3.63, 3.8) is 0 Å². The first-order valence-corrected chi connectivity index (χ1v) is 15.1. The fraction of sp³-hybridized carbons (Fsp3) is 0.182. The molecule has 0 saturated carbocycles. The number of hydrogen-bond acceptors (Lipinski definition) is 7. The van der Waals surface area contributed by atoms with E-state index >= 15 is 0 Å². The fourth-order valence-electron chi connectivity index (χ4n) is 5.40. The third-order valence-electron chi connectivity index (χ3n) is 7.43. The predicted molar refractivity (Wildman–Crippen MR) is 161 cm³/mol. The number of carbonyl (C=O) groups excluding carboxylic acids is 3. The minimum Gasteiger partial charge on any atom is -0.451 e. The van der Waals surface area contributed by atoms with Gasteiger partial charge in [0.05, 0.1) is 5.03 Å². The number of thiophene rings is 1. The molecule has 2 aliphatic rings. The second kappa shape index (κ2) is 11.8. The number of fused-ring (bicyclic) bond motifs is 1. The lowest BCUT2D eigenvalue weighted by Gasteiger charge is -2.52. The van der Waals surface area contributed by atoms with Gasteiger partial charge in [0.25, 0.3) is 0 Å². The van der Waals surface area contributed by atoms with Crippen LogP contribution in [0.5, 0.6) is 0 Å². The van der Waals surface area contributed by atoms with Crippen LogP contribution in [0.4, 0.5) is 0 Å². The highest BCUT2D eigenvalue weighted by Crippen LogP contribution is 2.47. The maximum atomic E-state index is 14.1. The van der Waals surface area contributed by atoms with E-state index in [0.29, 0.717) is 17.0 Å². The Hall–Kier alpha value is -4.14. The van der Waals surface area contributed by atoms with Crippen LogP contribution in [0.25, 0.3) is 0 Å². The van der Waals surface area contributed by atoms with E-state index in [9.17, 15) is 14.4 Å². The van der Waals surface area contributed by atoms with Crippen LogP contribution >= 0.6 is 23.1 Å². The van der Waals surface area contributed by atoms with Crippen LogP contribution in [-0.2, 0) is 32.0 Å². The number of nitrogens with two attached hydrogens (primary N) is 1. The Labute approximate surface area is 246 Å². The van der Waals surface area contributed by atoms with Gasteiger partial charge in [-0.15, -0.1) is 11.3 Å². The summed E-state index contributed by atoms with van der Waals surface area (Å²) >= 11 is 2.85. The second-order valence-electron chi connectivity index (χ2n) is 10.0. The lowest BCUT2D eigenvalue weighted by atomic mass is 9.86. The normalized spacial score (nSPS) is 20.0. The number of ether oxygens (including phenoxy) is 1. The molecule has 8 heteroatoms. The number of ketones is 1. The molecule has 0 bridgehead atoms. The molecule has 6 rings (SSSR count). The average molecular weight is 581 g/mol. The highest BCUT2D eigenvalue weighted by Gasteiger charge is 2.59. The van der Waals surface area contributed by atoms with Crippen molar-refractivity contribution >= 4 is 40.8 Å². The number of carbonyl (C=O) groups is 3. The number of amides is 1. The molecule has 1 fully saturated rings. The van der Waals surface area contributed by atoms with Gasteiger partial charge < -0.3 is 15.4 Å². The molecule has 0 radical (unpaired) electrons. The molecular weight excluding hydrogens is 553 g/mol.